The largest absolute Gasteiger partial charge is 0.454 e. The number of nitrogens with one attached hydrogen (secondary N) is 1. The summed E-state index contributed by atoms with van der Waals surface area (Å²) < 4.78 is 12.0. The first-order valence-electron chi connectivity index (χ1n) is 8.27. The van der Waals surface area contributed by atoms with E-state index in [9.17, 15) is 9.59 Å². The summed E-state index contributed by atoms with van der Waals surface area (Å²) in [5.41, 5.74) is 1.47. The van der Waals surface area contributed by atoms with Gasteiger partial charge in [0.15, 0.2) is 17.3 Å². The Bertz CT molecular complexity index is 1090. The van der Waals surface area contributed by atoms with Crippen LogP contribution in [0.3, 0.4) is 0 Å². The van der Waals surface area contributed by atoms with Crippen LogP contribution in [0.15, 0.2) is 47.4 Å². The standard InChI is InChI=1S/C19H16N4O4/c1-11-7-8-23(13-4-5-14-15(9-13)27-10-26-14)19(25)17(11)18(24)20-16-6-3-12(2)21-22-16/h3-9H,10H2,1-2H3,(H,20,22,24). The van der Waals surface area contributed by atoms with Gasteiger partial charge in [-0.2, -0.15) is 5.10 Å². The van der Waals surface area contributed by atoms with Crippen LogP contribution in [0.5, 0.6) is 11.5 Å². The van der Waals surface area contributed by atoms with Crippen molar-refractivity contribution < 1.29 is 14.3 Å². The number of carbonyl (C=O) groups excluding carboxylic acids is 1. The van der Waals surface area contributed by atoms with E-state index in [1.165, 1.54) is 4.57 Å². The van der Waals surface area contributed by atoms with E-state index >= 15 is 0 Å². The van der Waals surface area contributed by atoms with Crippen LogP contribution in [0.1, 0.15) is 21.6 Å². The van der Waals surface area contributed by atoms with Crippen LogP contribution in [0.2, 0.25) is 0 Å². The molecule has 0 spiro atoms. The Balaban J connectivity index is 1.71. The number of ether oxygens (including phenoxy) is 2. The molecule has 0 unspecified atom stereocenters. The summed E-state index contributed by atoms with van der Waals surface area (Å²) in [5.74, 6) is 0.921. The molecule has 0 radical (unpaired) electrons. The van der Waals surface area contributed by atoms with Gasteiger partial charge in [0.25, 0.3) is 11.5 Å². The number of carbonyl (C=O) groups is 1. The normalized spacial score (nSPS) is 12.1. The number of aryl methyl sites for hydroxylation is 2. The topological polar surface area (TPSA) is 95.3 Å². The van der Waals surface area contributed by atoms with Crippen molar-refractivity contribution in [2.24, 2.45) is 0 Å². The summed E-state index contributed by atoms with van der Waals surface area (Å²) in [5, 5.41) is 10.4. The number of anilines is 1. The van der Waals surface area contributed by atoms with Gasteiger partial charge >= 0.3 is 0 Å². The lowest BCUT2D eigenvalue weighted by Gasteiger charge is -2.11. The first-order chi connectivity index (χ1) is 13.0. The molecule has 0 saturated carbocycles. The minimum Gasteiger partial charge on any atom is -0.454 e. The predicted octanol–water partition coefficient (Wildman–Crippen LogP) is 2.23. The van der Waals surface area contributed by atoms with Crippen molar-refractivity contribution >= 4 is 11.7 Å². The molecule has 27 heavy (non-hydrogen) atoms. The number of nitrogens with zero attached hydrogens (tertiary/aromatic N) is 3. The second-order valence-corrected chi connectivity index (χ2v) is 6.10. The number of rotatable bonds is 3. The van der Waals surface area contributed by atoms with E-state index < -0.39 is 11.5 Å². The van der Waals surface area contributed by atoms with Gasteiger partial charge in [-0.1, -0.05) is 0 Å². The Morgan fingerprint density at radius 1 is 1.07 bits per heavy atom. The van der Waals surface area contributed by atoms with E-state index in [-0.39, 0.29) is 18.2 Å². The van der Waals surface area contributed by atoms with Crippen LogP contribution in [0, 0.1) is 13.8 Å². The highest BCUT2D eigenvalue weighted by molar-refractivity contribution is 6.04. The molecule has 1 aliphatic rings. The van der Waals surface area contributed by atoms with E-state index in [0.717, 1.165) is 5.69 Å². The van der Waals surface area contributed by atoms with Gasteiger partial charge in [-0.05, 0) is 49.7 Å². The Morgan fingerprint density at radius 3 is 2.67 bits per heavy atom. The average molecular weight is 364 g/mol. The van der Waals surface area contributed by atoms with Crippen molar-refractivity contribution in [3.63, 3.8) is 0 Å². The fourth-order valence-electron chi connectivity index (χ4n) is 2.79. The third-order valence-electron chi connectivity index (χ3n) is 4.20. The van der Waals surface area contributed by atoms with Crippen molar-refractivity contribution in [3.05, 3.63) is 69.8 Å². The molecule has 2 aromatic heterocycles. The highest BCUT2D eigenvalue weighted by atomic mass is 16.7. The van der Waals surface area contributed by atoms with Gasteiger partial charge in [-0.25, -0.2) is 0 Å². The molecule has 0 fully saturated rings. The van der Waals surface area contributed by atoms with Crippen molar-refractivity contribution in [2.75, 3.05) is 12.1 Å². The number of hydrogen-bond acceptors (Lipinski definition) is 6. The molecule has 1 aliphatic heterocycles. The highest BCUT2D eigenvalue weighted by Crippen LogP contribution is 2.33. The van der Waals surface area contributed by atoms with Gasteiger partial charge in [0, 0.05) is 12.3 Å². The first-order valence-corrected chi connectivity index (χ1v) is 8.27. The van der Waals surface area contributed by atoms with Crippen LogP contribution in [0.25, 0.3) is 5.69 Å². The van der Waals surface area contributed by atoms with Gasteiger partial charge in [-0.15, -0.1) is 5.10 Å². The molecule has 3 aromatic rings. The van der Waals surface area contributed by atoms with E-state index in [1.54, 1.807) is 56.4 Å². The molecule has 8 heteroatoms. The second kappa shape index (κ2) is 6.56. The van der Waals surface area contributed by atoms with E-state index in [4.69, 9.17) is 9.47 Å². The van der Waals surface area contributed by atoms with Crippen molar-refractivity contribution in [2.45, 2.75) is 13.8 Å². The maximum atomic E-state index is 13.0. The maximum absolute atomic E-state index is 13.0. The minimum absolute atomic E-state index is 0.0394. The second-order valence-electron chi connectivity index (χ2n) is 6.10. The zero-order valence-electron chi connectivity index (χ0n) is 14.7. The summed E-state index contributed by atoms with van der Waals surface area (Å²) in [6.45, 7) is 3.65. The molecule has 0 atom stereocenters. The van der Waals surface area contributed by atoms with Gasteiger partial charge < -0.3 is 14.8 Å². The number of pyridine rings is 1. The number of fused-ring (bicyclic) bond motifs is 1. The third-order valence-corrected chi connectivity index (χ3v) is 4.20. The number of benzene rings is 1. The molecule has 1 N–H and O–H groups in total. The molecular weight excluding hydrogens is 348 g/mol. The van der Waals surface area contributed by atoms with Gasteiger partial charge in [-0.3, -0.25) is 14.2 Å². The molecule has 136 valence electrons. The first kappa shape index (κ1) is 16.8. The van der Waals surface area contributed by atoms with Crippen molar-refractivity contribution in [1.82, 2.24) is 14.8 Å². The van der Waals surface area contributed by atoms with E-state index in [1.807, 2.05) is 0 Å². The van der Waals surface area contributed by atoms with Crippen molar-refractivity contribution in [1.29, 1.82) is 0 Å². The van der Waals surface area contributed by atoms with Crippen LogP contribution in [-0.4, -0.2) is 27.5 Å². The molecule has 4 rings (SSSR count). The van der Waals surface area contributed by atoms with Crippen LogP contribution < -0.4 is 20.3 Å². The fourth-order valence-corrected chi connectivity index (χ4v) is 2.79. The maximum Gasteiger partial charge on any atom is 0.268 e. The van der Waals surface area contributed by atoms with Crippen LogP contribution in [-0.2, 0) is 0 Å². The summed E-state index contributed by atoms with van der Waals surface area (Å²) in [6.07, 6.45) is 1.62. The predicted molar refractivity (Wildman–Crippen MR) is 97.6 cm³/mol. The summed E-state index contributed by atoms with van der Waals surface area (Å²) in [6, 6.07) is 10.2. The van der Waals surface area contributed by atoms with Gasteiger partial charge in [0.05, 0.1) is 11.4 Å². The molecule has 0 saturated heterocycles. The minimum atomic E-state index is -0.536. The van der Waals surface area contributed by atoms with Crippen LogP contribution in [0.4, 0.5) is 5.82 Å². The number of aromatic nitrogens is 3. The summed E-state index contributed by atoms with van der Waals surface area (Å²) in [4.78, 5) is 25.6. The van der Waals surface area contributed by atoms with Crippen LogP contribution >= 0.6 is 0 Å². The number of amides is 1. The zero-order valence-corrected chi connectivity index (χ0v) is 14.7. The average Bonchev–Trinajstić information content (AvgIpc) is 3.11. The lowest BCUT2D eigenvalue weighted by molar-refractivity contribution is 0.102. The number of hydrogen-bond donors (Lipinski definition) is 1. The zero-order chi connectivity index (χ0) is 19.0. The molecule has 1 aromatic carbocycles. The summed E-state index contributed by atoms with van der Waals surface area (Å²) in [7, 11) is 0. The molecular formula is C19H16N4O4. The Kier molecular flexibility index (Phi) is 4.08. The molecule has 0 aliphatic carbocycles. The lowest BCUT2D eigenvalue weighted by atomic mass is 10.1. The quantitative estimate of drug-likeness (QED) is 0.766. The Morgan fingerprint density at radius 2 is 1.89 bits per heavy atom. The van der Waals surface area contributed by atoms with Gasteiger partial charge in [0.2, 0.25) is 6.79 Å². The van der Waals surface area contributed by atoms with E-state index in [0.29, 0.717) is 22.7 Å². The van der Waals surface area contributed by atoms with E-state index in [2.05, 4.69) is 15.5 Å². The molecule has 8 nitrogen and oxygen atoms in total. The third kappa shape index (κ3) is 3.12. The molecule has 0 bridgehead atoms. The Labute approximate surface area is 154 Å². The van der Waals surface area contributed by atoms with Crippen molar-refractivity contribution in [3.8, 4) is 17.2 Å². The monoisotopic (exact) mass is 364 g/mol. The Hall–Kier alpha value is -3.68. The molecule has 3 heterocycles. The lowest BCUT2D eigenvalue weighted by Crippen LogP contribution is -2.29. The fraction of sp³-hybridized carbons (Fsp3) is 0.158. The van der Waals surface area contributed by atoms with Gasteiger partial charge in [0.1, 0.15) is 5.56 Å². The highest BCUT2D eigenvalue weighted by Gasteiger charge is 2.19. The smallest absolute Gasteiger partial charge is 0.268 e. The summed E-state index contributed by atoms with van der Waals surface area (Å²) >= 11 is 0. The molecule has 1 amide bonds. The SMILES string of the molecule is Cc1ccc(NC(=O)c2c(C)ccn(-c3ccc4c(c3)OCO4)c2=O)nn1.